The van der Waals surface area contributed by atoms with Gasteiger partial charge in [0.15, 0.2) is 5.96 Å². The monoisotopic (exact) mass is 480 g/mol. The lowest BCUT2D eigenvalue weighted by atomic mass is 10.1. The number of hydrogen-bond donors (Lipinski definition) is 1. The molecule has 1 aliphatic heterocycles. The third-order valence-corrected chi connectivity index (χ3v) is 5.92. The molecule has 7 heteroatoms. The molecular weight excluding hydrogens is 447 g/mol. The van der Waals surface area contributed by atoms with Gasteiger partial charge in [0.05, 0.1) is 18.8 Å². The van der Waals surface area contributed by atoms with E-state index in [9.17, 15) is 0 Å². The van der Waals surface area contributed by atoms with Crippen LogP contribution in [0.2, 0.25) is 0 Å². The quantitative estimate of drug-likeness (QED) is 0.384. The van der Waals surface area contributed by atoms with Gasteiger partial charge in [0.1, 0.15) is 5.76 Å². The fourth-order valence-corrected chi connectivity index (χ4v) is 4.16. The fraction of sp³-hybridized carbons (Fsp3) is 0.722. The standard InChI is InChI=1S/C18H32N4OS.HI/c1-6-19-18(22-9-11-24-17(13-22)14(2)3)20-12-15(21(4)5)16-8-7-10-23-16;/h7-8,10,14-15,17H,6,9,11-13H2,1-5H3,(H,19,20);1H. The maximum atomic E-state index is 5.59. The van der Waals surface area contributed by atoms with Crippen molar-refractivity contribution in [1.82, 2.24) is 15.1 Å². The van der Waals surface area contributed by atoms with E-state index in [2.05, 4.69) is 61.7 Å². The van der Waals surface area contributed by atoms with Crippen LogP contribution in [0.1, 0.15) is 32.6 Å². The molecule has 1 N–H and O–H groups in total. The third-order valence-electron chi connectivity index (χ3n) is 4.38. The molecular formula is C18H33IN4OS. The summed E-state index contributed by atoms with van der Waals surface area (Å²) in [6.07, 6.45) is 1.73. The van der Waals surface area contributed by atoms with Gasteiger partial charge in [-0.25, -0.2) is 0 Å². The van der Waals surface area contributed by atoms with E-state index in [4.69, 9.17) is 9.41 Å². The van der Waals surface area contributed by atoms with Gasteiger partial charge in [-0.3, -0.25) is 9.89 Å². The largest absolute Gasteiger partial charge is 0.468 e. The smallest absolute Gasteiger partial charge is 0.194 e. The highest BCUT2D eigenvalue weighted by molar-refractivity contribution is 14.0. The van der Waals surface area contributed by atoms with Crippen molar-refractivity contribution >= 4 is 41.7 Å². The number of aliphatic imine (C=N–C) groups is 1. The van der Waals surface area contributed by atoms with Crippen molar-refractivity contribution in [3.05, 3.63) is 24.2 Å². The predicted octanol–water partition coefficient (Wildman–Crippen LogP) is 3.54. The van der Waals surface area contributed by atoms with Gasteiger partial charge < -0.3 is 14.6 Å². The normalized spacial score (nSPS) is 19.9. The first-order valence-corrected chi connectivity index (χ1v) is 9.92. The lowest BCUT2D eigenvalue weighted by Crippen LogP contribution is -2.49. The molecule has 1 aliphatic rings. The number of hydrogen-bond acceptors (Lipinski definition) is 4. The van der Waals surface area contributed by atoms with Gasteiger partial charge >= 0.3 is 0 Å². The molecule has 1 saturated heterocycles. The van der Waals surface area contributed by atoms with E-state index in [1.807, 2.05) is 12.1 Å². The lowest BCUT2D eigenvalue weighted by molar-refractivity contribution is 0.263. The average molecular weight is 480 g/mol. The van der Waals surface area contributed by atoms with Gasteiger partial charge in [0.2, 0.25) is 0 Å². The number of likely N-dealkylation sites (N-methyl/N-ethyl adjacent to an activating group) is 1. The second kappa shape index (κ2) is 11.3. The average Bonchev–Trinajstić information content (AvgIpc) is 3.08. The molecule has 0 spiro atoms. The van der Waals surface area contributed by atoms with E-state index in [1.54, 1.807) is 6.26 Å². The first-order valence-electron chi connectivity index (χ1n) is 8.87. The Bertz CT molecular complexity index is 507. The summed E-state index contributed by atoms with van der Waals surface area (Å²) < 4.78 is 5.59. The molecule has 0 amide bonds. The highest BCUT2D eigenvalue weighted by Crippen LogP contribution is 2.25. The van der Waals surface area contributed by atoms with Gasteiger partial charge in [0.25, 0.3) is 0 Å². The minimum atomic E-state index is 0. The Morgan fingerprint density at radius 3 is 2.80 bits per heavy atom. The number of halogens is 1. The van der Waals surface area contributed by atoms with Crippen molar-refractivity contribution in [2.24, 2.45) is 10.9 Å². The van der Waals surface area contributed by atoms with Gasteiger partial charge in [-0.15, -0.1) is 24.0 Å². The zero-order chi connectivity index (χ0) is 17.5. The molecule has 0 radical (unpaired) electrons. The molecule has 2 heterocycles. The topological polar surface area (TPSA) is 44.0 Å². The van der Waals surface area contributed by atoms with Crippen molar-refractivity contribution in [2.75, 3.05) is 46.0 Å². The van der Waals surface area contributed by atoms with Crippen molar-refractivity contribution in [1.29, 1.82) is 0 Å². The maximum absolute atomic E-state index is 5.59. The van der Waals surface area contributed by atoms with E-state index in [0.717, 1.165) is 31.4 Å². The van der Waals surface area contributed by atoms with Gasteiger partial charge in [-0.05, 0) is 39.1 Å². The summed E-state index contributed by atoms with van der Waals surface area (Å²) in [6, 6.07) is 4.13. The molecule has 0 saturated carbocycles. The number of guanidine groups is 1. The van der Waals surface area contributed by atoms with Crippen molar-refractivity contribution in [3.8, 4) is 0 Å². The number of rotatable bonds is 6. The molecule has 2 atom stereocenters. The Kier molecular flexibility index (Phi) is 10.3. The van der Waals surface area contributed by atoms with Crippen LogP contribution in [0.5, 0.6) is 0 Å². The molecule has 5 nitrogen and oxygen atoms in total. The molecule has 1 fully saturated rings. The van der Waals surface area contributed by atoms with Crippen LogP contribution in [0.25, 0.3) is 0 Å². The van der Waals surface area contributed by atoms with E-state index < -0.39 is 0 Å². The summed E-state index contributed by atoms with van der Waals surface area (Å²) in [5, 5.41) is 4.15. The summed E-state index contributed by atoms with van der Waals surface area (Å²) in [7, 11) is 4.14. The number of thioether (sulfide) groups is 1. The van der Waals surface area contributed by atoms with Crippen LogP contribution in [-0.2, 0) is 0 Å². The predicted molar refractivity (Wildman–Crippen MR) is 119 cm³/mol. The van der Waals surface area contributed by atoms with Gasteiger partial charge in [-0.1, -0.05) is 13.8 Å². The van der Waals surface area contributed by atoms with E-state index >= 15 is 0 Å². The Morgan fingerprint density at radius 1 is 1.48 bits per heavy atom. The third kappa shape index (κ3) is 6.67. The van der Waals surface area contributed by atoms with Gasteiger partial charge in [0, 0.05) is 30.6 Å². The lowest BCUT2D eigenvalue weighted by Gasteiger charge is -2.36. The highest BCUT2D eigenvalue weighted by atomic mass is 127. The van der Waals surface area contributed by atoms with Crippen LogP contribution < -0.4 is 5.32 Å². The number of furan rings is 1. The highest BCUT2D eigenvalue weighted by Gasteiger charge is 2.25. The fourth-order valence-electron chi connectivity index (χ4n) is 2.86. The number of nitrogens with zero attached hydrogens (tertiary/aromatic N) is 3. The first-order chi connectivity index (χ1) is 11.5. The Morgan fingerprint density at radius 2 is 2.24 bits per heavy atom. The van der Waals surface area contributed by atoms with E-state index in [1.165, 1.54) is 5.75 Å². The molecule has 0 bridgehead atoms. The maximum Gasteiger partial charge on any atom is 0.194 e. The van der Waals surface area contributed by atoms with Gasteiger partial charge in [-0.2, -0.15) is 11.8 Å². The summed E-state index contributed by atoms with van der Waals surface area (Å²) in [4.78, 5) is 9.51. The second-order valence-corrected chi connectivity index (χ2v) is 8.14. The zero-order valence-corrected chi connectivity index (χ0v) is 19.2. The molecule has 0 aromatic carbocycles. The number of nitrogens with one attached hydrogen (secondary N) is 1. The molecule has 1 aromatic rings. The van der Waals surface area contributed by atoms with Crippen LogP contribution in [0.15, 0.2) is 27.8 Å². The summed E-state index contributed by atoms with van der Waals surface area (Å²) in [5.74, 6) is 3.86. The molecule has 25 heavy (non-hydrogen) atoms. The van der Waals surface area contributed by atoms with Crippen molar-refractivity contribution < 1.29 is 4.42 Å². The molecule has 144 valence electrons. The molecule has 2 rings (SSSR count). The molecule has 1 aromatic heterocycles. The minimum absolute atomic E-state index is 0. The minimum Gasteiger partial charge on any atom is -0.468 e. The second-order valence-electron chi connectivity index (χ2n) is 6.79. The summed E-state index contributed by atoms with van der Waals surface area (Å²) in [6.45, 7) is 10.5. The van der Waals surface area contributed by atoms with E-state index in [0.29, 0.717) is 17.7 Å². The molecule has 2 unspecified atom stereocenters. The van der Waals surface area contributed by atoms with Crippen molar-refractivity contribution in [2.45, 2.75) is 32.1 Å². The summed E-state index contributed by atoms with van der Waals surface area (Å²) >= 11 is 2.09. The van der Waals surface area contributed by atoms with Crippen LogP contribution in [0.3, 0.4) is 0 Å². The molecule has 0 aliphatic carbocycles. The first kappa shape index (κ1) is 22.6. The Hall–Kier alpha value is -0.410. The zero-order valence-electron chi connectivity index (χ0n) is 16.1. The van der Waals surface area contributed by atoms with E-state index in [-0.39, 0.29) is 30.0 Å². The SMILES string of the molecule is CCNC(=NCC(c1ccco1)N(C)C)N1CCSC(C(C)C)C1.I. The Balaban J connectivity index is 0.00000312. The van der Waals surface area contributed by atoms with Crippen LogP contribution >= 0.6 is 35.7 Å². The Labute approximate surface area is 174 Å². The van der Waals surface area contributed by atoms with Crippen LogP contribution in [0, 0.1) is 5.92 Å². The van der Waals surface area contributed by atoms with Crippen molar-refractivity contribution in [3.63, 3.8) is 0 Å². The summed E-state index contributed by atoms with van der Waals surface area (Å²) in [5.41, 5.74) is 0. The van der Waals surface area contributed by atoms with Crippen LogP contribution in [-0.4, -0.2) is 67.0 Å². The van der Waals surface area contributed by atoms with Crippen LogP contribution in [0.4, 0.5) is 0 Å².